The van der Waals surface area contributed by atoms with Crippen molar-refractivity contribution in [2.75, 3.05) is 5.32 Å². The highest BCUT2D eigenvalue weighted by molar-refractivity contribution is 6.09. The number of aromatic amines is 1. The summed E-state index contributed by atoms with van der Waals surface area (Å²) in [6, 6.07) is 5.35. The van der Waals surface area contributed by atoms with Crippen molar-refractivity contribution in [3.63, 3.8) is 0 Å². The highest BCUT2D eigenvalue weighted by Crippen LogP contribution is 2.20. The number of para-hydroxylation sites is 1. The first-order valence-electron chi connectivity index (χ1n) is 5.32. The quantitative estimate of drug-likeness (QED) is 0.567. The number of nitrogens with one attached hydrogen (secondary N) is 2. The molecule has 0 aliphatic carbocycles. The van der Waals surface area contributed by atoms with Gasteiger partial charge in [0.1, 0.15) is 5.56 Å². The molecule has 1 aromatic heterocycles. The molecule has 3 N–H and O–H groups in total. The van der Waals surface area contributed by atoms with Crippen LogP contribution in [0.25, 0.3) is 0 Å². The molecule has 1 heterocycles. The van der Waals surface area contributed by atoms with Gasteiger partial charge in [-0.25, -0.2) is 4.79 Å². The summed E-state index contributed by atoms with van der Waals surface area (Å²) in [4.78, 5) is 32.9. The summed E-state index contributed by atoms with van der Waals surface area (Å²) in [6.07, 6.45) is 1.11. The first-order chi connectivity index (χ1) is 9.50. The second kappa shape index (κ2) is 5.18. The van der Waals surface area contributed by atoms with Crippen LogP contribution in [0.15, 0.2) is 30.5 Å². The fourth-order valence-electron chi connectivity index (χ4n) is 1.56. The van der Waals surface area contributed by atoms with E-state index in [-0.39, 0.29) is 22.6 Å². The fourth-order valence-corrected chi connectivity index (χ4v) is 1.56. The van der Waals surface area contributed by atoms with Crippen LogP contribution >= 0.6 is 0 Å². The van der Waals surface area contributed by atoms with Gasteiger partial charge in [-0.05, 0) is 6.07 Å². The number of benzene rings is 1. The van der Waals surface area contributed by atoms with Crippen molar-refractivity contribution in [3.05, 3.63) is 51.8 Å². The fraction of sp³-hybridized carbons (Fsp3) is 0. The molecule has 0 saturated carbocycles. The highest BCUT2D eigenvalue weighted by atomic mass is 16.6. The number of hydrogen-bond donors (Lipinski definition) is 3. The number of carboxylic acids is 1. The van der Waals surface area contributed by atoms with Crippen molar-refractivity contribution in [3.8, 4) is 0 Å². The van der Waals surface area contributed by atoms with Gasteiger partial charge in [0.05, 0.1) is 16.8 Å². The minimum Gasteiger partial charge on any atom is -0.476 e. The Morgan fingerprint density at radius 3 is 2.70 bits per heavy atom. The number of nitro benzene ring substituents is 1. The van der Waals surface area contributed by atoms with E-state index < -0.39 is 16.8 Å². The van der Waals surface area contributed by atoms with E-state index in [2.05, 4.69) is 15.5 Å². The molecule has 2 rings (SSSR count). The highest BCUT2D eigenvalue weighted by Gasteiger charge is 2.21. The van der Waals surface area contributed by atoms with Gasteiger partial charge in [0.25, 0.3) is 11.6 Å². The van der Waals surface area contributed by atoms with Crippen molar-refractivity contribution >= 4 is 23.3 Å². The van der Waals surface area contributed by atoms with Gasteiger partial charge < -0.3 is 10.4 Å². The van der Waals surface area contributed by atoms with Gasteiger partial charge in [0.2, 0.25) is 0 Å². The van der Waals surface area contributed by atoms with E-state index in [1.165, 1.54) is 24.3 Å². The molecular formula is C11H8N4O5. The van der Waals surface area contributed by atoms with E-state index in [4.69, 9.17) is 5.11 Å². The molecule has 0 aliphatic rings. The average Bonchev–Trinajstić information content (AvgIpc) is 2.87. The molecule has 0 aliphatic heterocycles. The Hall–Kier alpha value is -3.23. The molecule has 9 nitrogen and oxygen atoms in total. The van der Waals surface area contributed by atoms with E-state index >= 15 is 0 Å². The first kappa shape index (κ1) is 13.2. The summed E-state index contributed by atoms with van der Waals surface area (Å²) in [6.45, 7) is 0. The minimum absolute atomic E-state index is 0.0688. The molecule has 0 spiro atoms. The molecule has 20 heavy (non-hydrogen) atoms. The van der Waals surface area contributed by atoms with Crippen LogP contribution in [0.1, 0.15) is 20.8 Å². The standard InChI is InChI=1S/C11H8N4O5/c16-10(6-3-1-2-4-8(6)15(19)20)13-7-5-12-14-9(7)11(17)18/h1-5H,(H,12,14)(H,13,16)(H,17,18). The Morgan fingerprint density at radius 1 is 1.35 bits per heavy atom. The Balaban J connectivity index is 2.31. The Morgan fingerprint density at radius 2 is 2.05 bits per heavy atom. The number of carbonyl (C=O) groups excluding carboxylic acids is 1. The number of amides is 1. The maximum Gasteiger partial charge on any atom is 0.356 e. The average molecular weight is 276 g/mol. The molecule has 2 aromatic rings. The summed E-state index contributed by atoms with van der Waals surface area (Å²) in [5.41, 5.74) is -0.919. The zero-order valence-electron chi connectivity index (χ0n) is 9.86. The van der Waals surface area contributed by atoms with Crippen molar-refractivity contribution in [2.45, 2.75) is 0 Å². The van der Waals surface area contributed by atoms with Gasteiger partial charge in [-0.1, -0.05) is 12.1 Å². The smallest absolute Gasteiger partial charge is 0.356 e. The third kappa shape index (κ3) is 2.46. The second-order valence-corrected chi connectivity index (χ2v) is 3.69. The maximum absolute atomic E-state index is 12.0. The van der Waals surface area contributed by atoms with Crippen LogP contribution in [0.3, 0.4) is 0 Å². The Kier molecular flexibility index (Phi) is 3.42. The molecule has 0 saturated heterocycles. The summed E-state index contributed by atoms with van der Waals surface area (Å²) < 4.78 is 0. The number of aromatic carboxylic acids is 1. The summed E-state index contributed by atoms with van der Waals surface area (Å²) in [5.74, 6) is -2.10. The monoisotopic (exact) mass is 276 g/mol. The van der Waals surface area contributed by atoms with Crippen molar-refractivity contribution in [1.29, 1.82) is 0 Å². The topological polar surface area (TPSA) is 138 Å². The van der Waals surface area contributed by atoms with Gasteiger partial charge in [-0.2, -0.15) is 5.10 Å². The molecule has 0 atom stereocenters. The molecule has 0 unspecified atom stereocenters. The molecule has 0 fully saturated rings. The number of nitrogens with zero attached hydrogens (tertiary/aromatic N) is 2. The van der Waals surface area contributed by atoms with Crippen molar-refractivity contribution in [1.82, 2.24) is 10.2 Å². The third-order valence-corrected chi connectivity index (χ3v) is 2.45. The van der Waals surface area contributed by atoms with Crippen molar-refractivity contribution < 1.29 is 19.6 Å². The zero-order valence-corrected chi connectivity index (χ0v) is 9.86. The van der Waals surface area contributed by atoms with Crippen LogP contribution in [-0.2, 0) is 0 Å². The predicted octanol–water partition coefficient (Wildman–Crippen LogP) is 1.27. The van der Waals surface area contributed by atoms with Crippen molar-refractivity contribution in [2.24, 2.45) is 0 Å². The lowest BCUT2D eigenvalue weighted by Crippen LogP contribution is -2.15. The number of nitro groups is 1. The Labute approximate surface area is 111 Å². The number of H-pyrrole nitrogens is 1. The van der Waals surface area contributed by atoms with Crippen LogP contribution in [0.2, 0.25) is 0 Å². The maximum atomic E-state index is 12.0. The zero-order chi connectivity index (χ0) is 14.7. The molecule has 9 heteroatoms. The van der Waals surface area contributed by atoms with Crippen LogP contribution in [0.5, 0.6) is 0 Å². The summed E-state index contributed by atoms with van der Waals surface area (Å²) in [5, 5.41) is 27.6. The van der Waals surface area contributed by atoms with E-state index in [1.54, 1.807) is 0 Å². The van der Waals surface area contributed by atoms with E-state index in [9.17, 15) is 19.7 Å². The molecule has 102 valence electrons. The third-order valence-electron chi connectivity index (χ3n) is 2.45. The lowest BCUT2D eigenvalue weighted by Gasteiger charge is -2.04. The summed E-state index contributed by atoms with van der Waals surface area (Å²) in [7, 11) is 0. The first-order valence-corrected chi connectivity index (χ1v) is 5.32. The van der Waals surface area contributed by atoms with Gasteiger partial charge in [0.15, 0.2) is 5.69 Å². The summed E-state index contributed by atoms with van der Waals surface area (Å²) >= 11 is 0. The number of rotatable bonds is 4. The van der Waals surface area contributed by atoms with Gasteiger partial charge in [0, 0.05) is 6.07 Å². The number of hydrogen-bond acceptors (Lipinski definition) is 5. The van der Waals surface area contributed by atoms with Gasteiger partial charge in [-0.3, -0.25) is 20.0 Å². The molecule has 0 radical (unpaired) electrons. The number of carboxylic acid groups (broad SMARTS) is 1. The number of anilines is 1. The molecular weight excluding hydrogens is 268 g/mol. The Bertz CT molecular complexity index is 694. The number of carbonyl (C=O) groups is 2. The normalized spacial score (nSPS) is 10.0. The molecule has 0 bridgehead atoms. The lowest BCUT2D eigenvalue weighted by atomic mass is 10.1. The van der Waals surface area contributed by atoms with Crippen LogP contribution in [0, 0.1) is 10.1 Å². The van der Waals surface area contributed by atoms with E-state index in [0.717, 1.165) is 6.20 Å². The SMILES string of the molecule is O=C(Nc1cn[nH]c1C(=O)O)c1ccccc1[N+](=O)[O-]. The van der Waals surface area contributed by atoms with Crippen LogP contribution in [0.4, 0.5) is 11.4 Å². The van der Waals surface area contributed by atoms with E-state index in [1.807, 2.05) is 0 Å². The van der Waals surface area contributed by atoms with Gasteiger partial charge in [-0.15, -0.1) is 0 Å². The van der Waals surface area contributed by atoms with Crippen LogP contribution in [-0.4, -0.2) is 32.1 Å². The largest absolute Gasteiger partial charge is 0.476 e. The predicted molar refractivity (Wildman–Crippen MR) is 66.6 cm³/mol. The number of aromatic nitrogens is 2. The second-order valence-electron chi connectivity index (χ2n) is 3.69. The molecule has 1 aromatic carbocycles. The van der Waals surface area contributed by atoms with E-state index in [0.29, 0.717) is 0 Å². The van der Waals surface area contributed by atoms with Gasteiger partial charge >= 0.3 is 5.97 Å². The minimum atomic E-state index is -1.31. The van der Waals surface area contributed by atoms with Crippen LogP contribution < -0.4 is 5.32 Å². The molecule has 1 amide bonds. The lowest BCUT2D eigenvalue weighted by molar-refractivity contribution is -0.385.